The van der Waals surface area contributed by atoms with Crippen LogP contribution in [-0.4, -0.2) is 39.1 Å². The van der Waals surface area contributed by atoms with E-state index in [1.54, 1.807) is 18.2 Å². The summed E-state index contributed by atoms with van der Waals surface area (Å²) in [5, 5.41) is 19.0. The highest BCUT2D eigenvalue weighted by atomic mass is 16.5. The number of aromatic nitrogens is 4. The van der Waals surface area contributed by atoms with Gasteiger partial charge in [0.1, 0.15) is 23.0 Å². The zero-order valence-electron chi connectivity index (χ0n) is 21.1. The Bertz CT molecular complexity index is 1380. The number of aryl methyl sites for hydroxylation is 2. The van der Waals surface area contributed by atoms with E-state index < -0.39 is 5.56 Å². The van der Waals surface area contributed by atoms with Gasteiger partial charge in [0.25, 0.3) is 5.56 Å². The van der Waals surface area contributed by atoms with Gasteiger partial charge in [0.15, 0.2) is 0 Å². The average molecular weight is 491 g/mol. The number of nitrogens with zero attached hydrogens (tertiary/aromatic N) is 4. The van der Waals surface area contributed by atoms with Gasteiger partial charge in [0, 0.05) is 12.0 Å². The van der Waals surface area contributed by atoms with Crippen LogP contribution in [0.25, 0.3) is 17.1 Å². The summed E-state index contributed by atoms with van der Waals surface area (Å²) < 4.78 is 18.4. The van der Waals surface area contributed by atoms with Crippen LogP contribution in [0.1, 0.15) is 43.1 Å². The van der Waals surface area contributed by atoms with Gasteiger partial charge in [0.2, 0.25) is 17.7 Å². The minimum Gasteiger partial charge on any atom is -0.494 e. The Morgan fingerprint density at radius 1 is 1.03 bits per heavy atom. The van der Waals surface area contributed by atoms with E-state index in [1.165, 1.54) is 18.8 Å². The normalized spacial score (nSPS) is 11.2. The van der Waals surface area contributed by atoms with Crippen LogP contribution < -0.4 is 15.0 Å². The molecule has 0 aliphatic rings. The number of hydrogen-bond acceptors (Lipinski definition) is 8. The second-order valence-corrected chi connectivity index (χ2v) is 8.96. The molecule has 188 valence electrons. The number of methoxy groups -OCH3 is 2. The van der Waals surface area contributed by atoms with E-state index in [4.69, 9.17) is 13.9 Å². The lowest BCUT2D eigenvalue weighted by molar-refractivity contribution is 0.387. The maximum absolute atomic E-state index is 13.9. The smallest absolute Gasteiger partial charge is 0.265 e. The van der Waals surface area contributed by atoms with Crippen molar-refractivity contribution in [1.29, 1.82) is 0 Å². The van der Waals surface area contributed by atoms with Gasteiger partial charge in [-0.15, -0.1) is 10.2 Å². The van der Waals surface area contributed by atoms with E-state index >= 15 is 0 Å². The molecular weight excluding hydrogens is 460 g/mol. The number of benzene rings is 2. The van der Waals surface area contributed by atoms with Crippen LogP contribution in [0.3, 0.4) is 0 Å². The molecule has 0 spiro atoms. The van der Waals surface area contributed by atoms with Crippen molar-refractivity contribution in [3.63, 3.8) is 0 Å². The van der Waals surface area contributed by atoms with Crippen LogP contribution >= 0.6 is 0 Å². The Labute approximate surface area is 209 Å². The quantitative estimate of drug-likeness (QED) is 0.365. The third-order valence-corrected chi connectivity index (χ3v) is 5.89. The molecule has 4 aromatic rings. The lowest BCUT2D eigenvalue weighted by atomic mass is 10.1. The summed E-state index contributed by atoms with van der Waals surface area (Å²) >= 11 is 0. The van der Waals surface area contributed by atoms with Crippen LogP contribution in [0.15, 0.2) is 51.7 Å². The Morgan fingerprint density at radius 3 is 2.31 bits per heavy atom. The van der Waals surface area contributed by atoms with Gasteiger partial charge in [-0.25, -0.2) is 0 Å². The molecule has 9 nitrogen and oxygen atoms in total. The molecule has 0 bridgehead atoms. The minimum atomic E-state index is -0.459. The first-order chi connectivity index (χ1) is 17.3. The van der Waals surface area contributed by atoms with Crippen LogP contribution in [0.2, 0.25) is 0 Å². The lowest BCUT2D eigenvalue weighted by Gasteiger charge is -2.19. The van der Waals surface area contributed by atoms with E-state index in [2.05, 4.69) is 29.0 Å². The molecule has 0 radical (unpaired) electrons. The van der Waals surface area contributed by atoms with Gasteiger partial charge >= 0.3 is 0 Å². The predicted octanol–water partition coefficient (Wildman–Crippen LogP) is 4.49. The van der Waals surface area contributed by atoms with Crippen molar-refractivity contribution in [2.75, 3.05) is 14.2 Å². The Morgan fingerprint density at radius 2 is 1.69 bits per heavy atom. The van der Waals surface area contributed by atoms with Crippen molar-refractivity contribution in [1.82, 2.24) is 19.7 Å². The Hall–Kier alpha value is -4.14. The predicted molar refractivity (Wildman–Crippen MR) is 135 cm³/mol. The number of para-hydroxylation sites is 1. The molecule has 2 heterocycles. The molecule has 0 aliphatic carbocycles. The average Bonchev–Trinajstić information content (AvgIpc) is 3.34. The number of ether oxygens (including phenoxy) is 2. The van der Waals surface area contributed by atoms with Crippen LogP contribution in [0, 0.1) is 12.8 Å². The first-order valence-electron chi connectivity index (χ1n) is 11.8. The fourth-order valence-corrected chi connectivity index (χ4v) is 3.90. The van der Waals surface area contributed by atoms with Crippen molar-refractivity contribution in [3.05, 3.63) is 75.7 Å². The summed E-state index contributed by atoms with van der Waals surface area (Å²) in [6, 6.07) is 12.9. The highest BCUT2D eigenvalue weighted by Gasteiger charge is 2.24. The zero-order chi connectivity index (χ0) is 25.8. The van der Waals surface area contributed by atoms with Gasteiger partial charge in [0.05, 0.1) is 26.2 Å². The van der Waals surface area contributed by atoms with Gasteiger partial charge in [-0.3, -0.25) is 9.36 Å². The van der Waals surface area contributed by atoms with E-state index in [0.717, 1.165) is 17.5 Å². The SMILES string of the molecule is COc1cccc(OC)c1-n1c(CCC(C)C)nc(O)c(Cc2nnc(-c3ccc(C)cc3)o2)c1=O. The molecule has 0 saturated heterocycles. The van der Waals surface area contributed by atoms with Gasteiger partial charge in [-0.1, -0.05) is 37.6 Å². The molecule has 2 aromatic carbocycles. The summed E-state index contributed by atoms with van der Waals surface area (Å²) in [5.41, 5.74) is 1.88. The first kappa shape index (κ1) is 25.0. The molecule has 0 amide bonds. The van der Waals surface area contributed by atoms with Crippen LogP contribution in [0.5, 0.6) is 17.4 Å². The maximum atomic E-state index is 13.9. The molecule has 0 atom stereocenters. The molecule has 0 saturated carbocycles. The fourth-order valence-electron chi connectivity index (χ4n) is 3.90. The van der Waals surface area contributed by atoms with Crippen molar-refractivity contribution in [2.45, 2.75) is 40.0 Å². The van der Waals surface area contributed by atoms with E-state index in [-0.39, 0.29) is 23.8 Å². The molecule has 4 rings (SSSR count). The molecule has 0 aliphatic heterocycles. The maximum Gasteiger partial charge on any atom is 0.265 e. The Balaban J connectivity index is 1.82. The second kappa shape index (κ2) is 10.6. The standard InChI is InChI=1S/C27H30N4O5/c1-16(2)9-14-22-28-25(32)19(15-23-29-30-26(36-23)18-12-10-17(3)11-13-18)27(33)31(22)24-20(34-4)7-6-8-21(24)35-5/h6-8,10-13,16,32H,9,14-15H2,1-5H3. The second-order valence-electron chi connectivity index (χ2n) is 8.96. The van der Waals surface area contributed by atoms with E-state index in [0.29, 0.717) is 41.2 Å². The lowest BCUT2D eigenvalue weighted by Crippen LogP contribution is -2.28. The van der Waals surface area contributed by atoms with Crippen molar-refractivity contribution >= 4 is 0 Å². The third-order valence-electron chi connectivity index (χ3n) is 5.89. The van der Waals surface area contributed by atoms with E-state index in [9.17, 15) is 9.90 Å². The fraction of sp³-hybridized carbons (Fsp3) is 0.333. The van der Waals surface area contributed by atoms with Crippen LogP contribution in [-0.2, 0) is 12.8 Å². The molecular formula is C27H30N4O5. The molecule has 0 fully saturated rings. The van der Waals surface area contributed by atoms with Gasteiger partial charge in [-0.05, 0) is 43.5 Å². The largest absolute Gasteiger partial charge is 0.494 e. The third kappa shape index (κ3) is 5.10. The highest BCUT2D eigenvalue weighted by Crippen LogP contribution is 2.33. The minimum absolute atomic E-state index is 0.0374. The summed E-state index contributed by atoms with van der Waals surface area (Å²) in [6.45, 7) is 6.16. The summed E-state index contributed by atoms with van der Waals surface area (Å²) in [6.07, 6.45) is 1.16. The highest BCUT2D eigenvalue weighted by molar-refractivity contribution is 5.58. The van der Waals surface area contributed by atoms with Crippen molar-refractivity contribution < 1.29 is 19.0 Å². The van der Waals surface area contributed by atoms with Gasteiger partial charge < -0.3 is 19.0 Å². The van der Waals surface area contributed by atoms with Crippen molar-refractivity contribution in [3.8, 4) is 34.5 Å². The molecule has 36 heavy (non-hydrogen) atoms. The summed E-state index contributed by atoms with van der Waals surface area (Å²) in [5.74, 6) is 1.82. The number of rotatable bonds is 9. The number of aromatic hydroxyl groups is 1. The topological polar surface area (TPSA) is 112 Å². The Kier molecular flexibility index (Phi) is 7.38. The molecule has 9 heteroatoms. The number of hydrogen-bond donors (Lipinski definition) is 1. The summed E-state index contributed by atoms with van der Waals surface area (Å²) in [4.78, 5) is 18.3. The van der Waals surface area contributed by atoms with Gasteiger partial charge in [-0.2, -0.15) is 4.98 Å². The zero-order valence-corrected chi connectivity index (χ0v) is 21.1. The first-order valence-corrected chi connectivity index (χ1v) is 11.8. The monoisotopic (exact) mass is 490 g/mol. The van der Waals surface area contributed by atoms with E-state index in [1.807, 2.05) is 31.2 Å². The molecule has 0 unspecified atom stereocenters. The summed E-state index contributed by atoms with van der Waals surface area (Å²) in [7, 11) is 3.05. The van der Waals surface area contributed by atoms with Crippen molar-refractivity contribution in [2.24, 2.45) is 5.92 Å². The molecule has 2 aromatic heterocycles. The van der Waals surface area contributed by atoms with Crippen LogP contribution in [0.4, 0.5) is 0 Å². The molecule has 1 N–H and O–H groups in total.